The average Bonchev–Trinajstić information content (AvgIpc) is 3.03. The number of carbonyl (C=O) groups is 3. The van der Waals surface area contributed by atoms with E-state index in [0.29, 0.717) is 45.6 Å². The first-order chi connectivity index (χ1) is 13.1. The molecule has 7 heteroatoms. The van der Waals surface area contributed by atoms with E-state index >= 15 is 0 Å². The molecule has 0 aromatic heterocycles. The number of nitrogens with zero attached hydrogens (tertiary/aromatic N) is 2. The van der Waals surface area contributed by atoms with E-state index < -0.39 is 6.09 Å². The molecule has 2 saturated heterocycles. The van der Waals surface area contributed by atoms with Gasteiger partial charge in [0.05, 0.1) is 12.5 Å². The Bertz CT molecular complexity index is 671. The van der Waals surface area contributed by atoms with Crippen LogP contribution in [0.15, 0.2) is 30.3 Å². The summed E-state index contributed by atoms with van der Waals surface area (Å²) in [5.74, 6) is -0.180. The number of piperidine rings is 1. The van der Waals surface area contributed by atoms with E-state index in [4.69, 9.17) is 4.74 Å². The molecule has 1 aromatic carbocycles. The molecule has 2 aliphatic heterocycles. The first-order valence-electron chi connectivity index (χ1n) is 9.60. The van der Waals surface area contributed by atoms with Crippen LogP contribution in [0.5, 0.6) is 0 Å². The van der Waals surface area contributed by atoms with Crippen LogP contribution in [0.3, 0.4) is 0 Å². The van der Waals surface area contributed by atoms with E-state index in [0.717, 1.165) is 5.56 Å². The van der Waals surface area contributed by atoms with Gasteiger partial charge in [-0.1, -0.05) is 30.3 Å². The molecule has 0 bridgehead atoms. The fourth-order valence-corrected chi connectivity index (χ4v) is 3.74. The van der Waals surface area contributed by atoms with Gasteiger partial charge in [0.15, 0.2) is 0 Å². The topological polar surface area (TPSA) is 79.0 Å². The fraction of sp³-hybridized carbons (Fsp3) is 0.550. The highest BCUT2D eigenvalue weighted by Crippen LogP contribution is 2.24. The van der Waals surface area contributed by atoms with Gasteiger partial charge in [0.2, 0.25) is 11.8 Å². The maximum Gasteiger partial charge on any atom is 0.407 e. The Kier molecular flexibility index (Phi) is 6.32. The second-order valence-electron chi connectivity index (χ2n) is 7.13. The summed E-state index contributed by atoms with van der Waals surface area (Å²) < 4.78 is 4.90. The molecule has 1 unspecified atom stereocenters. The van der Waals surface area contributed by atoms with Gasteiger partial charge in [-0.2, -0.15) is 0 Å². The lowest BCUT2D eigenvalue weighted by Crippen LogP contribution is -2.48. The SMILES string of the molecule is CCOC(=O)NC1CCN(C(=O)C2CC(=O)N(Cc3ccccc3)C2)CC1. The van der Waals surface area contributed by atoms with E-state index in [1.165, 1.54) is 0 Å². The molecular formula is C20H27N3O4. The standard InChI is InChI=1S/C20H27N3O4/c1-2-27-20(26)21-17-8-10-22(11-9-17)19(25)16-12-18(24)23(14-16)13-15-6-4-3-5-7-15/h3-7,16-17H,2,8-14H2,1H3,(H,21,26). The Hall–Kier alpha value is -2.57. The zero-order chi connectivity index (χ0) is 19.2. The third-order valence-corrected chi connectivity index (χ3v) is 5.18. The number of amides is 3. The summed E-state index contributed by atoms with van der Waals surface area (Å²) in [5, 5.41) is 2.83. The van der Waals surface area contributed by atoms with Crippen LogP contribution in [0.25, 0.3) is 0 Å². The van der Waals surface area contributed by atoms with E-state index in [1.807, 2.05) is 35.2 Å². The van der Waals surface area contributed by atoms with Crippen molar-refractivity contribution in [2.24, 2.45) is 5.92 Å². The molecule has 146 valence electrons. The van der Waals surface area contributed by atoms with Crippen LogP contribution in [0.1, 0.15) is 31.7 Å². The number of rotatable bonds is 5. The van der Waals surface area contributed by atoms with Crippen molar-refractivity contribution >= 4 is 17.9 Å². The molecule has 1 N–H and O–H groups in total. The molecule has 3 rings (SSSR count). The molecule has 2 fully saturated rings. The lowest BCUT2D eigenvalue weighted by Gasteiger charge is -2.33. The maximum absolute atomic E-state index is 12.8. The van der Waals surface area contributed by atoms with Gasteiger partial charge in [0.1, 0.15) is 0 Å². The molecule has 1 aromatic rings. The van der Waals surface area contributed by atoms with Gasteiger partial charge in [0.25, 0.3) is 0 Å². The van der Waals surface area contributed by atoms with E-state index in [1.54, 1.807) is 11.8 Å². The number of benzene rings is 1. The van der Waals surface area contributed by atoms with Crippen molar-refractivity contribution in [3.8, 4) is 0 Å². The van der Waals surface area contributed by atoms with Crippen molar-refractivity contribution in [2.45, 2.75) is 38.8 Å². The van der Waals surface area contributed by atoms with Crippen LogP contribution in [0, 0.1) is 5.92 Å². The first kappa shape index (κ1) is 19.2. The van der Waals surface area contributed by atoms with Crippen LogP contribution < -0.4 is 5.32 Å². The number of hydrogen-bond donors (Lipinski definition) is 1. The second-order valence-corrected chi connectivity index (χ2v) is 7.13. The van der Waals surface area contributed by atoms with E-state index in [2.05, 4.69) is 5.32 Å². The number of hydrogen-bond acceptors (Lipinski definition) is 4. The molecule has 1 atom stereocenters. The summed E-state index contributed by atoms with van der Waals surface area (Å²) >= 11 is 0. The third-order valence-electron chi connectivity index (χ3n) is 5.18. The van der Waals surface area contributed by atoms with Crippen LogP contribution >= 0.6 is 0 Å². The van der Waals surface area contributed by atoms with Crippen LogP contribution in [0.2, 0.25) is 0 Å². The van der Waals surface area contributed by atoms with Gasteiger partial charge < -0.3 is 19.9 Å². The minimum atomic E-state index is -0.403. The number of nitrogens with one attached hydrogen (secondary N) is 1. The predicted octanol–water partition coefficient (Wildman–Crippen LogP) is 1.77. The fourth-order valence-electron chi connectivity index (χ4n) is 3.74. The van der Waals surface area contributed by atoms with Gasteiger partial charge in [0, 0.05) is 38.6 Å². The highest BCUT2D eigenvalue weighted by atomic mass is 16.5. The summed E-state index contributed by atoms with van der Waals surface area (Å²) in [6.07, 6.45) is 1.30. The Morgan fingerprint density at radius 2 is 1.89 bits per heavy atom. The minimum absolute atomic E-state index is 0.0351. The summed E-state index contributed by atoms with van der Waals surface area (Å²) in [4.78, 5) is 40.2. The van der Waals surface area contributed by atoms with Crippen LogP contribution in [0.4, 0.5) is 4.79 Å². The average molecular weight is 373 g/mol. The van der Waals surface area contributed by atoms with Crippen molar-refractivity contribution < 1.29 is 19.1 Å². The smallest absolute Gasteiger partial charge is 0.407 e. The van der Waals surface area contributed by atoms with Crippen molar-refractivity contribution in [3.63, 3.8) is 0 Å². The second kappa shape index (κ2) is 8.88. The molecule has 2 aliphatic rings. The van der Waals surface area contributed by atoms with Crippen molar-refractivity contribution in [2.75, 3.05) is 26.2 Å². The molecule has 0 aliphatic carbocycles. The van der Waals surface area contributed by atoms with Crippen molar-refractivity contribution in [3.05, 3.63) is 35.9 Å². The number of likely N-dealkylation sites (tertiary alicyclic amines) is 2. The highest BCUT2D eigenvalue weighted by Gasteiger charge is 2.37. The van der Waals surface area contributed by atoms with E-state index in [-0.39, 0.29) is 30.2 Å². The van der Waals surface area contributed by atoms with Gasteiger partial charge in [-0.25, -0.2) is 4.79 Å². The normalized spacial score (nSPS) is 20.6. The monoisotopic (exact) mass is 373 g/mol. The first-order valence-corrected chi connectivity index (χ1v) is 9.60. The highest BCUT2D eigenvalue weighted by molar-refractivity contribution is 5.89. The van der Waals surface area contributed by atoms with Crippen LogP contribution in [-0.2, 0) is 20.9 Å². The third kappa shape index (κ3) is 4.99. The van der Waals surface area contributed by atoms with Gasteiger partial charge >= 0.3 is 6.09 Å². The number of ether oxygens (including phenoxy) is 1. The summed E-state index contributed by atoms with van der Waals surface area (Å²) in [7, 11) is 0. The van der Waals surface area contributed by atoms with E-state index in [9.17, 15) is 14.4 Å². The largest absolute Gasteiger partial charge is 0.450 e. The quantitative estimate of drug-likeness (QED) is 0.853. The Labute approximate surface area is 159 Å². The Balaban J connectivity index is 1.47. The van der Waals surface area contributed by atoms with Gasteiger partial charge in [-0.15, -0.1) is 0 Å². The maximum atomic E-state index is 12.8. The molecule has 0 saturated carbocycles. The number of alkyl carbamates (subject to hydrolysis) is 1. The zero-order valence-electron chi connectivity index (χ0n) is 15.7. The molecule has 27 heavy (non-hydrogen) atoms. The molecule has 7 nitrogen and oxygen atoms in total. The van der Waals surface area contributed by atoms with Gasteiger partial charge in [-0.3, -0.25) is 9.59 Å². The summed E-state index contributed by atoms with van der Waals surface area (Å²) in [6, 6.07) is 9.86. The zero-order valence-corrected chi connectivity index (χ0v) is 15.7. The molecule has 0 radical (unpaired) electrons. The summed E-state index contributed by atoms with van der Waals surface area (Å²) in [6.45, 7) is 4.34. The lowest BCUT2D eigenvalue weighted by molar-refractivity contribution is -0.136. The molecular weight excluding hydrogens is 346 g/mol. The lowest BCUT2D eigenvalue weighted by atomic mass is 10.0. The predicted molar refractivity (Wildman–Crippen MR) is 99.7 cm³/mol. The molecule has 0 spiro atoms. The summed E-state index contributed by atoms with van der Waals surface area (Å²) in [5.41, 5.74) is 1.07. The number of carbonyl (C=O) groups excluding carboxylic acids is 3. The Morgan fingerprint density at radius 1 is 1.19 bits per heavy atom. The molecule has 2 heterocycles. The minimum Gasteiger partial charge on any atom is -0.450 e. The van der Waals surface area contributed by atoms with Crippen molar-refractivity contribution in [1.82, 2.24) is 15.1 Å². The van der Waals surface area contributed by atoms with Gasteiger partial charge in [-0.05, 0) is 25.3 Å². The Morgan fingerprint density at radius 3 is 2.56 bits per heavy atom. The van der Waals surface area contributed by atoms with Crippen molar-refractivity contribution in [1.29, 1.82) is 0 Å². The van der Waals surface area contributed by atoms with Crippen LogP contribution in [-0.4, -0.2) is 60.0 Å². The molecule has 3 amide bonds.